The minimum absolute atomic E-state index is 0.111. The van der Waals surface area contributed by atoms with E-state index in [9.17, 15) is 22.4 Å². The van der Waals surface area contributed by atoms with Crippen LogP contribution in [0, 0.1) is 5.82 Å². The molecule has 0 saturated carbocycles. The molecule has 1 aliphatic heterocycles. The van der Waals surface area contributed by atoms with Crippen LogP contribution in [0.1, 0.15) is 32.7 Å². The molecule has 0 radical (unpaired) electrons. The molecule has 0 N–H and O–H groups in total. The Labute approximate surface area is 178 Å². The number of carbonyl (C=O) groups is 2. The number of sulfonamides is 1. The van der Waals surface area contributed by atoms with Crippen LogP contribution in [0.5, 0.6) is 0 Å². The van der Waals surface area contributed by atoms with Crippen molar-refractivity contribution in [1.82, 2.24) is 4.98 Å². The Morgan fingerprint density at radius 2 is 1.97 bits per heavy atom. The summed E-state index contributed by atoms with van der Waals surface area (Å²) >= 11 is 0. The number of Topliss-reactive ketones (excluding diaryl/α,β-unsaturated/α-hetero) is 1. The van der Waals surface area contributed by atoms with Crippen LogP contribution in [0.3, 0.4) is 0 Å². The molecule has 3 aromatic rings. The Morgan fingerprint density at radius 1 is 1.16 bits per heavy atom. The standard InChI is InChI=1S/C22H19FN2O5S/c1-31(28,29)25-9-3-5-14-10-15(7-8-19(14)25)20(26)13-30-22(27)17-11-16-4-2-6-18(23)21(16)24-12-17/h2,4,6-8,10-12H,3,5,9,13H2,1H3. The number of aromatic nitrogens is 1. The molecule has 0 amide bonds. The molecule has 0 fully saturated rings. The molecule has 0 spiro atoms. The number of rotatable bonds is 5. The van der Waals surface area contributed by atoms with Crippen molar-refractivity contribution < 1.29 is 27.1 Å². The van der Waals surface area contributed by atoms with Crippen molar-refractivity contribution in [3.63, 3.8) is 0 Å². The van der Waals surface area contributed by atoms with Crippen molar-refractivity contribution >= 4 is 38.4 Å². The van der Waals surface area contributed by atoms with Crippen molar-refractivity contribution in [3.05, 3.63) is 71.2 Å². The summed E-state index contributed by atoms with van der Waals surface area (Å²) in [6, 6.07) is 10.6. The van der Waals surface area contributed by atoms with Gasteiger partial charge in [0.25, 0.3) is 0 Å². The third kappa shape index (κ3) is 4.27. The smallest absolute Gasteiger partial charge is 0.340 e. The Balaban J connectivity index is 1.47. The number of ketones is 1. The quantitative estimate of drug-likeness (QED) is 0.445. The van der Waals surface area contributed by atoms with E-state index in [1.54, 1.807) is 18.2 Å². The molecule has 0 unspecified atom stereocenters. The third-order valence-corrected chi connectivity index (χ3v) is 6.29. The number of carbonyl (C=O) groups excluding carboxylic acids is 2. The SMILES string of the molecule is CS(=O)(=O)N1CCCc2cc(C(=O)COC(=O)c3cnc4c(F)cccc4c3)ccc21. The molecule has 1 aliphatic rings. The first-order chi connectivity index (χ1) is 14.7. The number of nitrogens with zero attached hydrogens (tertiary/aromatic N) is 2. The van der Waals surface area contributed by atoms with Gasteiger partial charge >= 0.3 is 5.97 Å². The first-order valence-electron chi connectivity index (χ1n) is 9.59. The minimum Gasteiger partial charge on any atom is -0.454 e. The van der Waals surface area contributed by atoms with E-state index in [-0.39, 0.29) is 11.1 Å². The van der Waals surface area contributed by atoms with Gasteiger partial charge in [0.1, 0.15) is 11.3 Å². The summed E-state index contributed by atoms with van der Waals surface area (Å²) in [5.74, 6) is -1.64. The second-order valence-corrected chi connectivity index (χ2v) is 9.22. The highest BCUT2D eigenvalue weighted by atomic mass is 32.2. The number of hydrogen-bond acceptors (Lipinski definition) is 6. The lowest BCUT2D eigenvalue weighted by Crippen LogP contribution is -2.34. The number of esters is 1. The summed E-state index contributed by atoms with van der Waals surface area (Å²) < 4.78 is 44.1. The third-order valence-electron chi connectivity index (χ3n) is 5.11. The average molecular weight is 442 g/mol. The number of halogens is 1. The van der Waals surface area contributed by atoms with Crippen LogP contribution in [0.2, 0.25) is 0 Å². The zero-order chi connectivity index (χ0) is 22.2. The maximum Gasteiger partial charge on any atom is 0.340 e. The molecule has 7 nitrogen and oxygen atoms in total. The van der Waals surface area contributed by atoms with Crippen LogP contribution in [-0.4, -0.2) is 44.6 Å². The predicted molar refractivity (Wildman–Crippen MR) is 113 cm³/mol. The van der Waals surface area contributed by atoms with Crippen LogP contribution < -0.4 is 4.31 Å². The van der Waals surface area contributed by atoms with E-state index in [1.165, 1.54) is 34.8 Å². The maximum atomic E-state index is 13.7. The number of ether oxygens (including phenoxy) is 1. The molecule has 0 atom stereocenters. The lowest BCUT2D eigenvalue weighted by atomic mass is 9.99. The largest absolute Gasteiger partial charge is 0.454 e. The number of para-hydroxylation sites is 1. The Bertz CT molecular complexity index is 1310. The molecule has 2 heterocycles. The highest BCUT2D eigenvalue weighted by Gasteiger charge is 2.25. The summed E-state index contributed by atoms with van der Waals surface area (Å²) in [5, 5.41) is 0.450. The van der Waals surface area contributed by atoms with Crippen molar-refractivity contribution in [2.45, 2.75) is 12.8 Å². The Hall–Kier alpha value is -3.33. The zero-order valence-electron chi connectivity index (χ0n) is 16.7. The first kappa shape index (κ1) is 20.9. The fourth-order valence-electron chi connectivity index (χ4n) is 3.61. The fraction of sp³-hybridized carbons (Fsp3) is 0.227. The monoisotopic (exact) mass is 442 g/mol. The van der Waals surface area contributed by atoms with Crippen LogP contribution >= 0.6 is 0 Å². The predicted octanol–water partition coefficient (Wildman–Crippen LogP) is 3.13. The molecule has 1 aromatic heterocycles. The second-order valence-electron chi connectivity index (χ2n) is 7.32. The van der Waals surface area contributed by atoms with Crippen LogP contribution in [0.25, 0.3) is 10.9 Å². The fourth-order valence-corrected chi connectivity index (χ4v) is 4.61. The molecule has 9 heteroatoms. The van der Waals surface area contributed by atoms with Gasteiger partial charge in [0.05, 0.1) is 17.5 Å². The van der Waals surface area contributed by atoms with E-state index in [0.29, 0.717) is 36.0 Å². The van der Waals surface area contributed by atoms with Gasteiger partial charge in [-0.15, -0.1) is 0 Å². The summed E-state index contributed by atoms with van der Waals surface area (Å²) in [5.41, 5.74) is 1.92. The van der Waals surface area contributed by atoms with E-state index < -0.39 is 34.2 Å². The van der Waals surface area contributed by atoms with E-state index in [2.05, 4.69) is 4.98 Å². The lowest BCUT2D eigenvalue weighted by molar-refractivity contribution is 0.0474. The van der Waals surface area contributed by atoms with Gasteiger partial charge in [0.15, 0.2) is 12.4 Å². The maximum absolute atomic E-state index is 13.7. The summed E-state index contributed by atoms with van der Waals surface area (Å²) in [6.07, 6.45) is 3.66. The summed E-state index contributed by atoms with van der Waals surface area (Å²) in [4.78, 5) is 28.8. The summed E-state index contributed by atoms with van der Waals surface area (Å²) in [7, 11) is -3.39. The van der Waals surface area contributed by atoms with Crippen molar-refractivity contribution in [3.8, 4) is 0 Å². The van der Waals surface area contributed by atoms with Gasteiger partial charge in [-0.1, -0.05) is 12.1 Å². The van der Waals surface area contributed by atoms with Crippen LogP contribution in [-0.2, 0) is 21.2 Å². The van der Waals surface area contributed by atoms with E-state index in [1.807, 2.05) is 0 Å². The zero-order valence-corrected chi connectivity index (χ0v) is 17.5. The van der Waals surface area contributed by atoms with E-state index in [4.69, 9.17) is 4.74 Å². The topological polar surface area (TPSA) is 93.6 Å². The first-order valence-corrected chi connectivity index (χ1v) is 11.4. The van der Waals surface area contributed by atoms with Gasteiger partial charge < -0.3 is 4.74 Å². The average Bonchev–Trinajstić information content (AvgIpc) is 2.75. The minimum atomic E-state index is -3.39. The molecule has 0 bridgehead atoms. The molecule has 0 saturated heterocycles. The van der Waals surface area contributed by atoms with Crippen molar-refractivity contribution in [2.24, 2.45) is 0 Å². The highest BCUT2D eigenvalue weighted by Crippen LogP contribution is 2.30. The number of aryl methyl sites for hydroxylation is 1. The summed E-state index contributed by atoms with van der Waals surface area (Å²) in [6.45, 7) is -0.0744. The van der Waals surface area contributed by atoms with E-state index >= 15 is 0 Å². The van der Waals surface area contributed by atoms with Gasteiger partial charge in [0, 0.05) is 23.7 Å². The van der Waals surface area contributed by atoms with Crippen LogP contribution in [0.15, 0.2) is 48.7 Å². The van der Waals surface area contributed by atoms with Gasteiger partial charge in [-0.05, 0) is 48.7 Å². The van der Waals surface area contributed by atoms with Crippen LogP contribution in [0.4, 0.5) is 10.1 Å². The number of fused-ring (bicyclic) bond motifs is 2. The molecular formula is C22H19FN2O5S. The Kier molecular flexibility index (Phi) is 5.45. The molecular weight excluding hydrogens is 423 g/mol. The Morgan fingerprint density at radius 3 is 2.74 bits per heavy atom. The van der Waals surface area contributed by atoms with Gasteiger partial charge in [-0.2, -0.15) is 0 Å². The van der Waals surface area contributed by atoms with Gasteiger partial charge in [-0.25, -0.2) is 17.6 Å². The van der Waals surface area contributed by atoms with Gasteiger partial charge in [0.2, 0.25) is 10.0 Å². The number of benzene rings is 2. The highest BCUT2D eigenvalue weighted by molar-refractivity contribution is 7.92. The normalized spacial score (nSPS) is 13.7. The second kappa shape index (κ2) is 8.07. The molecule has 31 heavy (non-hydrogen) atoms. The molecule has 4 rings (SSSR count). The van der Waals surface area contributed by atoms with Crippen molar-refractivity contribution in [1.29, 1.82) is 0 Å². The number of anilines is 1. The van der Waals surface area contributed by atoms with Gasteiger partial charge in [-0.3, -0.25) is 14.1 Å². The number of pyridine rings is 1. The number of hydrogen-bond donors (Lipinski definition) is 0. The molecule has 2 aromatic carbocycles. The lowest BCUT2D eigenvalue weighted by Gasteiger charge is -2.29. The molecule has 0 aliphatic carbocycles. The molecule has 160 valence electrons. The van der Waals surface area contributed by atoms with Crippen molar-refractivity contribution in [2.75, 3.05) is 23.7 Å². The van der Waals surface area contributed by atoms with E-state index in [0.717, 1.165) is 11.8 Å².